The zero-order valence-corrected chi connectivity index (χ0v) is 10.8. The van der Waals surface area contributed by atoms with Gasteiger partial charge in [0.15, 0.2) is 0 Å². The summed E-state index contributed by atoms with van der Waals surface area (Å²) in [6.07, 6.45) is 0.759. The number of hydrogen-bond acceptors (Lipinski definition) is 2. The molecule has 2 rings (SSSR count). The van der Waals surface area contributed by atoms with E-state index < -0.39 is 11.4 Å². The van der Waals surface area contributed by atoms with Crippen molar-refractivity contribution >= 4 is 21.9 Å². The molecule has 1 unspecified atom stereocenters. The van der Waals surface area contributed by atoms with Crippen molar-refractivity contribution in [1.29, 1.82) is 0 Å². The quantitative estimate of drug-likeness (QED) is 0.900. The summed E-state index contributed by atoms with van der Waals surface area (Å²) in [5, 5.41) is 12.3. The highest BCUT2D eigenvalue weighted by atomic mass is 79.9. The molecule has 1 heterocycles. The molecule has 0 saturated carbocycles. The van der Waals surface area contributed by atoms with Crippen LogP contribution in [0.25, 0.3) is 0 Å². The Labute approximate surface area is 107 Å². The fourth-order valence-electron chi connectivity index (χ4n) is 2.20. The van der Waals surface area contributed by atoms with E-state index in [-0.39, 0.29) is 12.2 Å². The number of aliphatic carboxylic acids is 1. The van der Waals surface area contributed by atoms with Gasteiger partial charge in [-0.25, -0.2) is 4.39 Å². The predicted octanol–water partition coefficient (Wildman–Crippen LogP) is 2.20. The Morgan fingerprint density at radius 3 is 2.94 bits per heavy atom. The van der Waals surface area contributed by atoms with Gasteiger partial charge in [0.2, 0.25) is 0 Å². The molecule has 0 amide bonds. The first-order chi connectivity index (χ1) is 8.03. The van der Waals surface area contributed by atoms with Crippen LogP contribution in [0.3, 0.4) is 0 Å². The minimum Gasteiger partial charge on any atom is -0.481 e. The maximum absolute atomic E-state index is 13.6. The molecule has 1 aromatic rings. The van der Waals surface area contributed by atoms with Crippen LogP contribution in [-0.4, -0.2) is 24.2 Å². The molecular formula is C12H13BrFNO2. The Balaban J connectivity index is 2.29. The lowest BCUT2D eigenvalue weighted by molar-refractivity contribution is -0.147. The van der Waals surface area contributed by atoms with E-state index in [0.717, 1.165) is 4.47 Å². The normalized spacial score (nSPS) is 23.9. The molecule has 5 heteroatoms. The molecule has 1 aliphatic rings. The number of rotatable bonds is 3. The van der Waals surface area contributed by atoms with Crippen LogP contribution in [0.4, 0.5) is 4.39 Å². The number of carboxylic acids is 1. The highest BCUT2D eigenvalue weighted by molar-refractivity contribution is 9.10. The molecule has 0 bridgehead atoms. The molecular weight excluding hydrogens is 289 g/mol. The van der Waals surface area contributed by atoms with Gasteiger partial charge in [-0.05, 0) is 43.1 Å². The Hall–Kier alpha value is -0.940. The molecule has 2 N–H and O–H groups in total. The van der Waals surface area contributed by atoms with Crippen LogP contribution in [0.15, 0.2) is 22.7 Å². The zero-order chi connectivity index (χ0) is 12.5. The molecule has 1 atom stereocenters. The molecule has 0 radical (unpaired) electrons. The summed E-state index contributed by atoms with van der Waals surface area (Å²) >= 11 is 3.27. The highest BCUT2D eigenvalue weighted by Crippen LogP contribution is 2.32. The lowest BCUT2D eigenvalue weighted by Crippen LogP contribution is -2.35. The number of halogens is 2. The van der Waals surface area contributed by atoms with E-state index in [0.29, 0.717) is 25.1 Å². The van der Waals surface area contributed by atoms with Crippen molar-refractivity contribution in [3.8, 4) is 0 Å². The van der Waals surface area contributed by atoms with E-state index in [1.54, 1.807) is 12.1 Å². The third-order valence-corrected chi connectivity index (χ3v) is 3.73. The summed E-state index contributed by atoms with van der Waals surface area (Å²) in [6.45, 7) is 1.07. The fourth-order valence-corrected chi connectivity index (χ4v) is 2.60. The molecule has 0 aromatic heterocycles. The average molecular weight is 302 g/mol. The van der Waals surface area contributed by atoms with E-state index in [1.165, 1.54) is 6.07 Å². The molecule has 1 aliphatic heterocycles. The van der Waals surface area contributed by atoms with Crippen molar-refractivity contribution in [3.05, 3.63) is 34.1 Å². The molecule has 3 nitrogen and oxygen atoms in total. The minimum absolute atomic E-state index is 0.223. The lowest BCUT2D eigenvalue weighted by Gasteiger charge is -2.23. The zero-order valence-electron chi connectivity index (χ0n) is 9.17. The lowest BCUT2D eigenvalue weighted by atomic mass is 9.81. The summed E-state index contributed by atoms with van der Waals surface area (Å²) in [5.74, 6) is -1.21. The van der Waals surface area contributed by atoms with E-state index in [2.05, 4.69) is 21.2 Å². The Bertz CT molecular complexity index is 444. The smallest absolute Gasteiger partial charge is 0.311 e. The standard InChI is InChI=1S/C12H13BrFNO2/c13-9-1-2-10(14)8(5-9)6-12(11(16)17)3-4-15-7-12/h1-2,5,15H,3-4,6-7H2,(H,16,17). The van der Waals surface area contributed by atoms with Gasteiger partial charge in [0.05, 0.1) is 5.41 Å². The van der Waals surface area contributed by atoms with Gasteiger partial charge < -0.3 is 10.4 Å². The van der Waals surface area contributed by atoms with Crippen LogP contribution >= 0.6 is 15.9 Å². The number of nitrogens with one attached hydrogen (secondary N) is 1. The van der Waals surface area contributed by atoms with Crippen molar-refractivity contribution in [1.82, 2.24) is 5.32 Å². The van der Waals surface area contributed by atoms with Crippen molar-refractivity contribution < 1.29 is 14.3 Å². The maximum atomic E-state index is 13.6. The van der Waals surface area contributed by atoms with Crippen molar-refractivity contribution in [2.24, 2.45) is 5.41 Å². The molecule has 0 spiro atoms. The molecule has 1 aromatic carbocycles. The van der Waals surface area contributed by atoms with Gasteiger partial charge in [-0.3, -0.25) is 4.79 Å². The predicted molar refractivity (Wildman–Crippen MR) is 65.4 cm³/mol. The number of benzene rings is 1. The molecule has 92 valence electrons. The average Bonchev–Trinajstić information content (AvgIpc) is 2.73. The monoisotopic (exact) mass is 301 g/mol. The van der Waals surface area contributed by atoms with Crippen LogP contribution < -0.4 is 5.32 Å². The van der Waals surface area contributed by atoms with Crippen LogP contribution in [0, 0.1) is 11.2 Å². The van der Waals surface area contributed by atoms with E-state index in [1.807, 2.05) is 0 Å². The topological polar surface area (TPSA) is 49.3 Å². The minimum atomic E-state index is -0.873. The summed E-state index contributed by atoms with van der Waals surface area (Å²) < 4.78 is 14.4. The van der Waals surface area contributed by atoms with Crippen LogP contribution in [0.2, 0.25) is 0 Å². The van der Waals surface area contributed by atoms with Gasteiger partial charge in [-0.1, -0.05) is 15.9 Å². The second-order valence-corrected chi connectivity index (χ2v) is 5.34. The third-order valence-electron chi connectivity index (χ3n) is 3.23. The van der Waals surface area contributed by atoms with Crippen LogP contribution in [0.1, 0.15) is 12.0 Å². The SMILES string of the molecule is O=C(O)C1(Cc2cc(Br)ccc2F)CCNC1. The number of hydrogen-bond donors (Lipinski definition) is 2. The first kappa shape index (κ1) is 12.5. The first-order valence-electron chi connectivity index (χ1n) is 5.42. The number of carboxylic acid groups (broad SMARTS) is 1. The van der Waals surface area contributed by atoms with Gasteiger partial charge in [0.1, 0.15) is 5.82 Å². The highest BCUT2D eigenvalue weighted by Gasteiger charge is 2.41. The Kier molecular flexibility index (Phi) is 3.49. The van der Waals surface area contributed by atoms with Gasteiger partial charge in [-0.15, -0.1) is 0 Å². The van der Waals surface area contributed by atoms with Crippen LogP contribution in [-0.2, 0) is 11.2 Å². The molecule has 1 saturated heterocycles. The number of carbonyl (C=O) groups is 1. The van der Waals surface area contributed by atoms with Gasteiger partial charge in [-0.2, -0.15) is 0 Å². The van der Waals surface area contributed by atoms with Crippen molar-refractivity contribution in [2.75, 3.05) is 13.1 Å². The maximum Gasteiger partial charge on any atom is 0.311 e. The second kappa shape index (κ2) is 4.74. The summed E-state index contributed by atoms with van der Waals surface area (Å²) in [5.41, 5.74) is -0.424. The molecule has 0 aliphatic carbocycles. The molecule has 17 heavy (non-hydrogen) atoms. The summed E-state index contributed by atoms with van der Waals surface area (Å²) in [7, 11) is 0. The van der Waals surface area contributed by atoms with Crippen molar-refractivity contribution in [2.45, 2.75) is 12.8 Å². The van der Waals surface area contributed by atoms with Crippen molar-refractivity contribution in [3.63, 3.8) is 0 Å². The van der Waals surface area contributed by atoms with E-state index >= 15 is 0 Å². The van der Waals surface area contributed by atoms with Gasteiger partial charge >= 0.3 is 5.97 Å². The Morgan fingerprint density at radius 2 is 2.35 bits per heavy atom. The third kappa shape index (κ3) is 2.50. The van der Waals surface area contributed by atoms with Gasteiger partial charge in [0, 0.05) is 11.0 Å². The van der Waals surface area contributed by atoms with Gasteiger partial charge in [0.25, 0.3) is 0 Å². The first-order valence-corrected chi connectivity index (χ1v) is 6.21. The van der Waals surface area contributed by atoms with Crippen LogP contribution in [0.5, 0.6) is 0 Å². The largest absolute Gasteiger partial charge is 0.481 e. The Morgan fingerprint density at radius 1 is 1.59 bits per heavy atom. The second-order valence-electron chi connectivity index (χ2n) is 4.42. The molecule has 1 fully saturated rings. The van der Waals surface area contributed by atoms with E-state index in [9.17, 15) is 14.3 Å². The summed E-state index contributed by atoms with van der Waals surface area (Å²) in [6, 6.07) is 4.62. The fraction of sp³-hybridized carbons (Fsp3) is 0.417. The summed E-state index contributed by atoms with van der Waals surface area (Å²) in [4.78, 5) is 11.3. The van der Waals surface area contributed by atoms with E-state index in [4.69, 9.17) is 0 Å².